The topological polar surface area (TPSA) is 71.9 Å². The number of benzene rings is 1. The third kappa shape index (κ3) is 4.38. The maximum atomic E-state index is 12.8. The van der Waals surface area contributed by atoms with Gasteiger partial charge in [-0.05, 0) is 57.3 Å². The quantitative estimate of drug-likeness (QED) is 0.795. The number of amides is 1. The van der Waals surface area contributed by atoms with Crippen LogP contribution in [0.25, 0.3) is 0 Å². The van der Waals surface area contributed by atoms with Crippen LogP contribution in [0.15, 0.2) is 24.3 Å². The van der Waals surface area contributed by atoms with Gasteiger partial charge in [-0.25, -0.2) is 4.39 Å². The number of hydrogen-bond acceptors (Lipinski definition) is 4. The highest BCUT2D eigenvalue weighted by Crippen LogP contribution is 2.13. The molecule has 1 aromatic carbocycles. The summed E-state index contributed by atoms with van der Waals surface area (Å²) in [5.41, 5.74) is 0. The first-order chi connectivity index (χ1) is 10.9. The van der Waals surface area contributed by atoms with Crippen molar-refractivity contribution in [3.63, 3.8) is 0 Å². The van der Waals surface area contributed by atoms with Crippen molar-refractivity contribution in [3.05, 3.63) is 40.7 Å². The maximum Gasteiger partial charge on any atom is 0.261 e. The molecule has 1 aromatic heterocycles. The molecule has 0 aliphatic rings. The molecule has 0 aliphatic heterocycles. The third-order valence-corrected chi connectivity index (χ3v) is 3.50. The second-order valence-corrected chi connectivity index (χ2v) is 5.73. The summed E-state index contributed by atoms with van der Waals surface area (Å²) < 4.78 is 20.7. The predicted molar refractivity (Wildman–Crippen MR) is 86.1 cm³/mol. The summed E-state index contributed by atoms with van der Waals surface area (Å²) in [7, 11) is 0. The number of hydrogen-bond donors (Lipinski definition) is 2. The van der Waals surface area contributed by atoms with E-state index in [-0.39, 0.29) is 24.3 Å². The normalized spacial score (nSPS) is 12.2. The standard InChI is InChI=1S/C15H19FN4O2S/c1-9(2)20-13(18-19-15(20)23)8-17-14(21)10(3)22-12-6-4-11(16)5-7-12/h4-7,9-10H,8H2,1-3H3,(H,17,21)(H,19,23)/t10-/m1/s1. The maximum absolute atomic E-state index is 12.8. The van der Waals surface area contributed by atoms with E-state index in [9.17, 15) is 9.18 Å². The Labute approximate surface area is 138 Å². The van der Waals surface area contributed by atoms with Gasteiger partial charge in [-0.3, -0.25) is 9.89 Å². The molecule has 23 heavy (non-hydrogen) atoms. The zero-order chi connectivity index (χ0) is 17.0. The summed E-state index contributed by atoms with van der Waals surface area (Å²) >= 11 is 5.15. The van der Waals surface area contributed by atoms with Crippen LogP contribution < -0.4 is 10.1 Å². The molecule has 0 aliphatic carbocycles. The predicted octanol–water partition coefficient (Wildman–Crippen LogP) is 2.74. The summed E-state index contributed by atoms with van der Waals surface area (Å²) in [4.78, 5) is 12.1. The van der Waals surface area contributed by atoms with Crippen LogP contribution in [0.5, 0.6) is 5.75 Å². The minimum Gasteiger partial charge on any atom is -0.481 e. The van der Waals surface area contributed by atoms with Gasteiger partial charge in [-0.15, -0.1) is 0 Å². The highest BCUT2D eigenvalue weighted by molar-refractivity contribution is 7.71. The van der Waals surface area contributed by atoms with Gasteiger partial charge in [0.1, 0.15) is 11.6 Å². The fourth-order valence-electron chi connectivity index (χ4n) is 2.08. The lowest BCUT2D eigenvalue weighted by molar-refractivity contribution is -0.127. The van der Waals surface area contributed by atoms with E-state index in [0.29, 0.717) is 16.3 Å². The van der Waals surface area contributed by atoms with Crippen molar-refractivity contribution in [2.24, 2.45) is 0 Å². The Morgan fingerprint density at radius 3 is 2.65 bits per heavy atom. The van der Waals surface area contributed by atoms with Gasteiger partial charge in [0.25, 0.3) is 5.91 Å². The molecule has 1 amide bonds. The van der Waals surface area contributed by atoms with E-state index < -0.39 is 6.10 Å². The van der Waals surface area contributed by atoms with Crippen molar-refractivity contribution >= 4 is 18.1 Å². The van der Waals surface area contributed by atoms with E-state index in [1.165, 1.54) is 24.3 Å². The van der Waals surface area contributed by atoms with Crippen LogP contribution in [0.1, 0.15) is 32.6 Å². The van der Waals surface area contributed by atoms with E-state index in [2.05, 4.69) is 15.5 Å². The Kier molecular flexibility index (Phi) is 5.49. The number of halogens is 1. The first kappa shape index (κ1) is 17.1. The zero-order valence-corrected chi connectivity index (χ0v) is 14.0. The second-order valence-electron chi connectivity index (χ2n) is 5.34. The summed E-state index contributed by atoms with van der Waals surface area (Å²) in [5.74, 6) is 0.427. The Morgan fingerprint density at radius 2 is 2.04 bits per heavy atom. The lowest BCUT2D eigenvalue weighted by Crippen LogP contribution is -2.36. The third-order valence-electron chi connectivity index (χ3n) is 3.21. The molecule has 2 N–H and O–H groups in total. The van der Waals surface area contributed by atoms with Gasteiger partial charge in [0.05, 0.1) is 6.54 Å². The summed E-state index contributed by atoms with van der Waals surface area (Å²) in [6, 6.07) is 5.65. The fraction of sp³-hybridized carbons (Fsp3) is 0.400. The van der Waals surface area contributed by atoms with Crippen LogP contribution in [0.3, 0.4) is 0 Å². The van der Waals surface area contributed by atoms with Gasteiger partial charge >= 0.3 is 0 Å². The van der Waals surface area contributed by atoms with Crippen LogP contribution in [0, 0.1) is 10.6 Å². The molecular weight excluding hydrogens is 319 g/mol. The number of ether oxygens (including phenoxy) is 1. The number of carbonyl (C=O) groups excluding carboxylic acids is 1. The van der Waals surface area contributed by atoms with Crippen molar-refractivity contribution in [2.75, 3.05) is 0 Å². The first-order valence-electron chi connectivity index (χ1n) is 7.24. The number of nitrogens with zero attached hydrogens (tertiary/aromatic N) is 2. The average molecular weight is 338 g/mol. The molecular formula is C15H19FN4O2S. The monoisotopic (exact) mass is 338 g/mol. The van der Waals surface area contributed by atoms with Crippen LogP contribution in [0.2, 0.25) is 0 Å². The molecule has 0 bridgehead atoms. The number of nitrogens with one attached hydrogen (secondary N) is 2. The lowest BCUT2D eigenvalue weighted by atomic mass is 10.3. The molecule has 2 aromatic rings. The molecule has 124 valence electrons. The molecule has 6 nitrogen and oxygen atoms in total. The highest BCUT2D eigenvalue weighted by atomic mass is 32.1. The number of carbonyl (C=O) groups is 1. The van der Waals surface area contributed by atoms with Crippen molar-refractivity contribution in [1.29, 1.82) is 0 Å². The van der Waals surface area contributed by atoms with Crippen LogP contribution in [-0.4, -0.2) is 26.8 Å². The van der Waals surface area contributed by atoms with Gasteiger partial charge in [-0.1, -0.05) is 0 Å². The zero-order valence-electron chi connectivity index (χ0n) is 13.2. The Hall–Kier alpha value is -2.22. The Balaban J connectivity index is 1.94. The van der Waals surface area contributed by atoms with Gasteiger partial charge in [0.2, 0.25) is 0 Å². The Bertz CT molecular complexity index is 724. The molecule has 0 fully saturated rings. The second kappa shape index (κ2) is 7.36. The van der Waals surface area contributed by atoms with E-state index in [1.807, 2.05) is 18.4 Å². The minimum absolute atomic E-state index is 0.140. The van der Waals surface area contributed by atoms with Gasteiger partial charge in [-0.2, -0.15) is 5.10 Å². The van der Waals surface area contributed by atoms with Crippen molar-refractivity contribution < 1.29 is 13.9 Å². The van der Waals surface area contributed by atoms with Crippen molar-refractivity contribution in [2.45, 2.75) is 39.5 Å². The molecule has 0 saturated carbocycles. The van der Waals surface area contributed by atoms with E-state index in [1.54, 1.807) is 6.92 Å². The number of rotatable bonds is 6. The van der Waals surface area contributed by atoms with Crippen LogP contribution >= 0.6 is 12.2 Å². The molecule has 0 unspecified atom stereocenters. The summed E-state index contributed by atoms with van der Waals surface area (Å²) in [6.45, 7) is 5.83. The summed E-state index contributed by atoms with van der Waals surface area (Å²) in [5, 5.41) is 9.58. The molecule has 0 radical (unpaired) electrons. The summed E-state index contributed by atoms with van der Waals surface area (Å²) in [6.07, 6.45) is -0.713. The van der Waals surface area contributed by atoms with Crippen LogP contribution in [0.4, 0.5) is 4.39 Å². The number of aromatic nitrogens is 3. The number of aromatic amines is 1. The first-order valence-corrected chi connectivity index (χ1v) is 7.65. The van der Waals surface area contributed by atoms with E-state index in [0.717, 1.165) is 0 Å². The molecule has 2 rings (SSSR count). The van der Waals surface area contributed by atoms with Gasteiger partial charge < -0.3 is 14.6 Å². The van der Waals surface area contributed by atoms with Crippen molar-refractivity contribution in [1.82, 2.24) is 20.1 Å². The SMILES string of the molecule is CC(C)n1c(CNC(=O)[C@@H](C)Oc2ccc(F)cc2)n[nH]c1=S. The number of H-pyrrole nitrogens is 1. The van der Waals surface area contributed by atoms with E-state index >= 15 is 0 Å². The van der Waals surface area contributed by atoms with Gasteiger partial charge in [0.15, 0.2) is 16.7 Å². The molecule has 1 heterocycles. The van der Waals surface area contributed by atoms with Crippen molar-refractivity contribution in [3.8, 4) is 5.75 Å². The lowest BCUT2D eigenvalue weighted by Gasteiger charge is -2.15. The molecule has 0 saturated heterocycles. The molecule has 8 heteroatoms. The minimum atomic E-state index is -0.713. The smallest absolute Gasteiger partial charge is 0.261 e. The largest absolute Gasteiger partial charge is 0.481 e. The Morgan fingerprint density at radius 1 is 1.39 bits per heavy atom. The van der Waals surface area contributed by atoms with Gasteiger partial charge in [0, 0.05) is 6.04 Å². The van der Waals surface area contributed by atoms with E-state index in [4.69, 9.17) is 17.0 Å². The van der Waals surface area contributed by atoms with Crippen LogP contribution in [-0.2, 0) is 11.3 Å². The molecule has 0 spiro atoms. The highest BCUT2D eigenvalue weighted by Gasteiger charge is 2.16. The fourth-order valence-corrected chi connectivity index (χ4v) is 2.44. The average Bonchev–Trinajstić information content (AvgIpc) is 2.88. The molecule has 1 atom stereocenters.